The summed E-state index contributed by atoms with van der Waals surface area (Å²) in [4.78, 5) is 23.5. The minimum atomic E-state index is -0.482. The second-order valence-electron chi connectivity index (χ2n) is 5.77. The lowest BCUT2D eigenvalue weighted by molar-refractivity contribution is -0.128. The van der Waals surface area contributed by atoms with Crippen molar-refractivity contribution >= 4 is 18.0 Å². The first kappa shape index (κ1) is 20.2. The molecular weight excluding hydrogens is 344 g/mol. The minimum absolute atomic E-state index is 0.332. The fourth-order valence-corrected chi connectivity index (χ4v) is 2.20. The van der Waals surface area contributed by atoms with Crippen LogP contribution in [0, 0.1) is 0 Å². The van der Waals surface area contributed by atoms with Crippen LogP contribution < -0.4 is 9.47 Å². The highest BCUT2D eigenvalue weighted by atomic mass is 16.5. The first-order valence-electron chi connectivity index (χ1n) is 9.02. The molecule has 0 aliphatic rings. The van der Waals surface area contributed by atoms with Crippen molar-refractivity contribution in [2.45, 2.75) is 26.7 Å². The van der Waals surface area contributed by atoms with E-state index in [9.17, 15) is 9.59 Å². The van der Waals surface area contributed by atoms with Gasteiger partial charge in [0.1, 0.15) is 11.5 Å². The monoisotopic (exact) mass is 368 g/mol. The number of carbonyl (C=O) groups is 2. The largest absolute Gasteiger partial charge is 0.494 e. The first-order valence-corrected chi connectivity index (χ1v) is 9.02. The molecule has 0 N–H and O–H groups in total. The summed E-state index contributed by atoms with van der Waals surface area (Å²) in [5.74, 6) is 0.351. The van der Waals surface area contributed by atoms with E-state index >= 15 is 0 Å². The number of hydrogen-bond donors (Lipinski definition) is 0. The summed E-state index contributed by atoms with van der Waals surface area (Å²) in [5.41, 5.74) is 1.25. The number of rotatable bonds is 9. The molecule has 0 amide bonds. The molecule has 27 heavy (non-hydrogen) atoms. The van der Waals surface area contributed by atoms with E-state index in [2.05, 4.69) is 6.92 Å². The fourth-order valence-electron chi connectivity index (χ4n) is 2.20. The van der Waals surface area contributed by atoms with Crippen LogP contribution in [0.15, 0.2) is 54.6 Å². The number of esters is 2. The van der Waals surface area contributed by atoms with E-state index in [-0.39, 0.29) is 5.97 Å². The number of benzene rings is 2. The first-order chi connectivity index (χ1) is 13.1. The lowest BCUT2D eigenvalue weighted by atomic mass is 10.1. The smallest absolute Gasteiger partial charge is 0.338 e. The molecule has 0 saturated carbocycles. The van der Waals surface area contributed by atoms with E-state index in [4.69, 9.17) is 14.2 Å². The Hall–Kier alpha value is -3.08. The lowest BCUT2D eigenvalue weighted by Gasteiger charge is -2.06. The predicted molar refractivity (Wildman–Crippen MR) is 104 cm³/mol. The average molecular weight is 368 g/mol. The summed E-state index contributed by atoms with van der Waals surface area (Å²) in [7, 11) is 0. The maximum absolute atomic E-state index is 11.9. The molecule has 5 heteroatoms. The quantitative estimate of drug-likeness (QED) is 0.279. The fraction of sp³-hybridized carbons (Fsp3) is 0.273. The van der Waals surface area contributed by atoms with Gasteiger partial charge in [-0.2, -0.15) is 0 Å². The van der Waals surface area contributed by atoms with Crippen molar-refractivity contribution in [2.24, 2.45) is 0 Å². The van der Waals surface area contributed by atoms with Crippen molar-refractivity contribution in [1.82, 2.24) is 0 Å². The summed E-state index contributed by atoms with van der Waals surface area (Å²) in [6.07, 6.45) is 5.04. The van der Waals surface area contributed by atoms with Crippen LogP contribution >= 0.6 is 0 Å². The van der Waals surface area contributed by atoms with Crippen molar-refractivity contribution in [3.63, 3.8) is 0 Å². The predicted octanol–water partition coefficient (Wildman–Crippen LogP) is 4.66. The molecule has 0 aliphatic carbocycles. The van der Waals surface area contributed by atoms with Crippen LogP contribution in [0.4, 0.5) is 0 Å². The summed E-state index contributed by atoms with van der Waals surface area (Å²) in [6, 6.07) is 13.7. The zero-order valence-electron chi connectivity index (χ0n) is 15.6. The van der Waals surface area contributed by atoms with Crippen LogP contribution in [0.25, 0.3) is 6.08 Å². The van der Waals surface area contributed by atoms with Crippen molar-refractivity contribution in [1.29, 1.82) is 0 Å². The number of carbonyl (C=O) groups excluding carboxylic acids is 2. The van der Waals surface area contributed by atoms with Gasteiger partial charge in [0.15, 0.2) is 0 Å². The van der Waals surface area contributed by atoms with E-state index in [0.717, 1.165) is 24.2 Å². The van der Waals surface area contributed by atoms with Crippen molar-refractivity contribution in [2.75, 3.05) is 13.2 Å². The molecule has 2 aromatic carbocycles. The zero-order chi connectivity index (χ0) is 19.5. The molecule has 0 bridgehead atoms. The van der Waals surface area contributed by atoms with Crippen LogP contribution in [0.5, 0.6) is 11.5 Å². The van der Waals surface area contributed by atoms with Crippen LogP contribution in [-0.4, -0.2) is 25.2 Å². The topological polar surface area (TPSA) is 61.8 Å². The molecule has 0 radical (unpaired) electrons. The van der Waals surface area contributed by atoms with E-state index in [1.54, 1.807) is 61.5 Å². The normalized spacial score (nSPS) is 10.6. The van der Waals surface area contributed by atoms with Crippen LogP contribution in [0.1, 0.15) is 42.6 Å². The number of ether oxygens (including phenoxy) is 3. The molecular formula is C22H24O5. The van der Waals surface area contributed by atoms with Gasteiger partial charge < -0.3 is 14.2 Å². The Balaban J connectivity index is 1.86. The second kappa shape index (κ2) is 10.8. The third-order valence-electron chi connectivity index (χ3n) is 3.64. The zero-order valence-corrected chi connectivity index (χ0v) is 15.6. The van der Waals surface area contributed by atoms with Gasteiger partial charge in [-0.15, -0.1) is 0 Å². The summed E-state index contributed by atoms with van der Waals surface area (Å²) < 4.78 is 15.7. The van der Waals surface area contributed by atoms with Gasteiger partial charge in [-0.1, -0.05) is 25.5 Å². The molecule has 0 spiro atoms. The average Bonchev–Trinajstić information content (AvgIpc) is 2.68. The molecule has 2 aromatic rings. The highest BCUT2D eigenvalue weighted by Crippen LogP contribution is 2.18. The molecule has 5 nitrogen and oxygen atoms in total. The molecule has 0 fully saturated rings. The van der Waals surface area contributed by atoms with E-state index in [1.165, 1.54) is 6.08 Å². The minimum Gasteiger partial charge on any atom is -0.494 e. The van der Waals surface area contributed by atoms with E-state index < -0.39 is 5.97 Å². The third-order valence-corrected chi connectivity index (χ3v) is 3.64. The second-order valence-corrected chi connectivity index (χ2v) is 5.77. The highest BCUT2D eigenvalue weighted by Gasteiger charge is 2.05. The Bertz CT molecular complexity index is 760. The SMILES string of the molecule is CCCCOc1ccc(OC(=O)C=Cc2ccc(C(=O)OCC)cc2)cc1. The van der Waals surface area contributed by atoms with Crippen LogP contribution in [0.3, 0.4) is 0 Å². The number of hydrogen-bond acceptors (Lipinski definition) is 5. The Morgan fingerprint density at radius 2 is 1.59 bits per heavy atom. The van der Waals surface area contributed by atoms with Crippen molar-refractivity contribution in [3.05, 3.63) is 65.7 Å². The van der Waals surface area contributed by atoms with Crippen LogP contribution in [-0.2, 0) is 9.53 Å². The molecule has 0 atom stereocenters. The molecule has 0 heterocycles. The lowest BCUT2D eigenvalue weighted by Crippen LogP contribution is -2.04. The van der Waals surface area contributed by atoms with Gasteiger partial charge in [0.2, 0.25) is 0 Å². The number of unbranched alkanes of at least 4 members (excludes halogenated alkanes) is 1. The maximum atomic E-state index is 11.9. The van der Waals surface area contributed by atoms with Gasteiger partial charge in [0.25, 0.3) is 0 Å². The Labute approximate surface area is 159 Å². The van der Waals surface area contributed by atoms with Crippen molar-refractivity contribution in [3.8, 4) is 11.5 Å². The maximum Gasteiger partial charge on any atom is 0.338 e. The van der Waals surface area contributed by atoms with Gasteiger partial charge in [-0.25, -0.2) is 9.59 Å². The van der Waals surface area contributed by atoms with Crippen LogP contribution in [0.2, 0.25) is 0 Å². The Morgan fingerprint density at radius 1 is 0.926 bits per heavy atom. The Morgan fingerprint density at radius 3 is 2.22 bits per heavy atom. The molecule has 0 saturated heterocycles. The Kier molecular flexibility index (Phi) is 8.10. The summed E-state index contributed by atoms with van der Waals surface area (Å²) >= 11 is 0. The molecule has 0 aliphatic heterocycles. The third kappa shape index (κ3) is 6.98. The van der Waals surface area contributed by atoms with Crippen molar-refractivity contribution < 1.29 is 23.8 Å². The van der Waals surface area contributed by atoms with Gasteiger partial charge >= 0.3 is 11.9 Å². The summed E-state index contributed by atoms with van der Waals surface area (Å²) in [5, 5.41) is 0. The van der Waals surface area contributed by atoms with E-state index in [1.807, 2.05) is 0 Å². The standard InChI is InChI=1S/C22H24O5/c1-3-5-16-26-19-11-13-20(14-12-19)27-21(23)15-8-17-6-9-18(10-7-17)22(24)25-4-2/h6-15H,3-5,16H2,1-2H3. The molecule has 142 valence electrons. The molecule has 2 rings (SSSR count). The van der Waals surface area contributed by atoms with Gasteiger partial charge in [-0.3, -0.25) is 0 Å². The van der Waals surface area contributed by atoms with Gasteiger partial charge in [-0.05, 0) is 61.4 Å². The highest BCUT2D eigenvalue weighted by molar-refractivity contribution is 5.91. The molecule has 0 aromatic heterocycles. The van der Waals surface area contributed by atoms with Gasteiger partial charge in [0, 0.05) is 6.08 Å². The van der Waals surface area contributed by atoms with Gasteiger partial charge in [0.05, 0.1) is 18.8 Å². The summed E-state index contributed by atoms with van der Waals surface area (Å²) in [6.45, 7) is 4.87. The van der Waals surface area contributed by atoms with E-state index in [0.29, 0.717) is 24.5 Å². The molecule has 0 unspecified atom stereocenters.